The van der Waals surface area contributed by atoms with Crippen LogP contribution in [-0.2, 0) is 4.79 Å². The van der Waals surface area contributed by atoms with Crippen LogP contribution in [-0.4, -0.2) is 39.5 Å². The normalized spacial score (nSPS) is 15.2. The average molecular weight is 255 g/mol. The van der Waals surface area contributed by atoms with Crippen LogP contribution in [0.2, 0.25) is 0 Å². The molecule has 0 aliphatic carbocycles. The summed E-state index contributed by atoms with van der Waals surface area (Å²) in [6, 6.07) is 0.545. The number of aldehydes is 1. The van der Waals surface area contributed by atoms with E-state index in [1.54, 1.807) is 0 Å². The minimum atomic E-state index is 0.00828. The SMILES string of the molecule is CNC(C)=CCCC(CCCC(C=O)NC)NC. The molecule has 0 amide bonds. The molecule has 4 nitrogen and oxygen atoms in total. The summed E-state index contributed by atoms with van der Waals surface area (Å²) in [7, 11) is 5.78. The first-order valence-electron chi connectivity index (χ1n) is 6.82. The minimum Gasteiger partial charge on any atom is -0.392 e. The number of rotatable bonds is 11. The molecule has 3 N–H and O–H groups in total. The molecule has 0 aromatic carbocycles. The van der Waals surface area contributed by atoms with E-state index in [-0.39, 0.29) is 6.04 Å². The Hall–Kier alpha value is -0.870. The summed E-state index contributed by atoms with van der Waals surface area (Å²) in [6.45, 7) is 2.08. The maximum Gasteiger partial charge on any atom is 0.136 e. The van der Waals surface area contributed by atoms with Crippen LogP contribution in [0.5, 0.6) is 0 Å². The number of carbonyl (C=O) groups is 1. The highest BCUT2D eigenvalue weighted by Crippen LogP contribution is 2.09. The molecule has 2 unspecified atom stereocenters. The summed E-state index contributed by atoms with van der Waals surface area (Å²) >= 11 is 0. The molecular weight excluding hydrogens is 226 g/mol. The smallest absolute Gasteiger partial charge is 0.136 e. The highest BCUT2D eigenvalue weighted by Gasteiger charge is 2.08. The molecule has 0 heterocycles. The maximum atomic E-state index is 10.7. The zero-order valence-electron chi connectivity index (χ0n) is 12.3. The zero-order valence-corrected chi connectivity index (χ0v) is 12.3. The average Bonchev–Trinajstić information content (AvgIpc) is 2.41. The Bertz CT molecular complexity index is 241. The Morgan fingerprint density at radius 3 is 2.33 bits per heavy atom. The Kier molecular flexibility index (Phi) is 10.7. The fourth-order valence-corrected chi connectivity index (χ4v) is 1.90. The van der Waals surface area contributed by atoms with Gasteiger partial charge in [0, 0.05) is 18.8 Å². The van der Waals surface area contributed by atoms with Gasteiger partial charge in [0.15, 0.2) is 0 Å². The van der Waals surface area contributed by atoms with Crippen molar-refractivity contribution in [3.8, 4) is 0 Å². The van der Waals surface area contributed by atoms with Gasteiger partial charge in [-0.05, 0) is 53.1 Å². The highest BCUT2D eigenvalue weighted by atomic mass is 16.1. The Morgan fingerprint density at radius 2 is 1.83 bits per heavy atom. The van der Waals surface area contributed by atoms with Gasteiger partial charge in [0.25, 0.3) is 0 Å². The third kappa shape index (κ3) is 8.25. The Balaban J connectivity index is 3.80. The molecule has 4 heteroatoms. The van der Waals surface area contributed by atoms with Crippen molar-refractivity contribution in [1.29, 1.82) is 0 Å². The molecule has 0 spiro atoms. The molecule has 0 radical (unpaired) electrons. The standard InChI is InChI=1S/C14H29N3O/c1-12(15-2)7-5-8-13(16-3)9-6-10-14(11-18)17-4/h7,11,13-17H,5-6,8-10H2,1-4H3. The van der Waals surface area contributed by atoms with Crippen LogP contribution in [0.4, 0.5) is 0 Å². The molecule has 0 aromatic rings. The van der Waals surface area contributed by atoms with E-state index in [1.165, 1.54) is 5.70 Å². The molecule has 0 bridgehead atoms. The van der Waals surface area contributed by atoms with Gasteiger partial charge >= 0.3 is 0 Å². The van der Waals surface area contributed by atoms with Gasteiger partial charge in [-0.1, -0.05) is 6.08 Å². The summed E-state index contributed by atoms with van der Waals surface area (Å²) in [4.78, 5) is 10.7. The van der Waals surface area contributed by atoms with E-state index in [0.717, 1.165) is 38.4 Å². The predicted molar refractivity (Wildman–Crippen MR) is 77.7 cm³/mol. The summed E-state index contributed by atoms with van der Waals surface area (Å²) in [5, 5.41) is 9.47. The molecule has 2 atom stereocenters. The second-order valence-corrected chi connectivity index (χ2v) is 4.66. The van der Waals surface area contributed by atoms with Crippen LogP contribution in [0.15, 0.2) is 11.8 Å². The second-order valence-electron chi connectivity index (χ2n) is 4.66. The van der Waals surface area contributed by atoms with Crippen molar-refractivity contribution in [2.45, 2.75) is 51.1 Å². The van der Waals surface area contributed by atoms with E-state index < -0.39 is 0 Å². The molecule has 0 aromatic heterocycles. The van der Waals surface area contributed by atoms with E-state index >= 15 is 0 Å². The fraction of sp³-hybridized carbons (Fsp3) is 0.786. The lowest BCUT2D eigenvalue weighted by Gasteiger charge is -2.16. The van der Waals surface area contributed by atoms with Crippen molar-refractivity contribution < 1.29 is 4.79 Å². The number of hydrogen-bond acceptors (Lipinski definition) is 4. The van der Waals surface area contributed by atoms with Gasteiger partial charge in [-0.15, -0.1) is 0 Å². The van der Waals surface area contributed by atoms with E-state index in [9.17, 15) is 4.79 Å². The molecule has 0 saturated heterocycles. The van der Waals surface area contributed by atoms with E-state index in [1.807, 2.05) is 21.1 Å². The fourth-order valence-electron chi connectivity index (χ4n) is 1.90. The van der Waals surface area contributed by atoms with Gasteiger partial charge in [-0.3, -0.25) is 0 Å². The summed E-state index contributed by atoms with van der Waals surface area (Å²) < 4.78 is 0. The third-order valence-electron chi connectivity index (χ3n) is 3.37. The zero-order chi connectivity index (χ0) is 13.8. The van der Waals surface area contributed by atoms with Crippen LogP contribution in [0, 0.1) is 0 Å². The van der Waals surface area contributed by atoms with Crippen LogP contribution in [0.1, 0.15) is 39.0 Å². The lowest BCUT2D eigenvalue weighted by molar-refractivity contribution is -0.109. The first-order valence-corrected chi connectivity index (χ1v) is 6.82. The van der Waals surface area contributed by atoms with Crippen molar-refractivity contribution in [3.05, 3.63) is 11.8 Å². The lowest BCUT2D eigenvalue weighted by atomic mass is 10.0. The second kappa shape index (κ2) is 11.2. The first kappa shape index (κ1) is 17.1. The predicted octanol–water partition coefficient (Wildman–Crippen LogP) is 1.44. The third-order valence-corrected chi connectivity index (χ3v) is 3.37. The van der Waals surface area contributed by atoms with Crippen LogP contribution < -0.4 is 16.0 Å². The van der Waals surface area contributed by atoms with Crippen LogP contribution in [0.3, 0.4) is 0 Å². The minimum absolute atomic E-state index is 0.00828. The molecule has 106 valence electrons. The quantitative estimate of drug-likeness (QED) is 0.489. The van der Waals surface area contributed by atoms with Crippen molar-refractivity contribution >= 4 is 6.29 Å². The molecule has 0 saturated carbocycles. The van der Waals surface area contributed by atoms with Gasteiger partial charge < -0.3 is 20.7 Å². The highest BCUT2D eigenvalue weighted by molar-refractivity contribution is 5.57. The monoisotopic (exact) mass is 255 g/mol. The molecular formula is C14H29N3O. The summed E-state index contributed by atoms with van der Waals surface area (Å²) in [6.07, 6.45) is 8.56. The summed E-state index contributed by atoms with van der Waals surface area (Å²) in [5.41, 5.74) is 1.22. The number of likely N-dealkylation sites (N-methyl/N-ethyl adjacent to an activating group) is 1. The number of hydrogen-bond donors (Lipinski definition) is 3. The number of allylic oxidation sites excluding steroid dienone is 2. The molecule has 0 fully saturated rings. The largest absolute Gasteiger partial charge is 0.392 e. The van der Waals surface area contributed by atoms with E-state index in [0.29, 0.717) is 6.04 Å². The maximum absolute atomic E-state index is 10.7. The topological polar surface area (TPSA) is 53.2 Å². The van der Waals surface area contributed by atoms with Gasteiger partial charge in [0.1, 0.15) is 6.29 Å². The van der Waals surface area contributed by atoms with Crippen molar-refractivity contribution in [2.24, 2.45) is 0 Å². The van der Waals surface area contributed by atoms with Crippen molar-refractivity contribution in [1.82, 2.24) is 16.0 Å². The van der Waals surface area contributed by atoms with Crippen molar-refractivity contribution in [3.63, 3.8) is 0 Å². The first-order chi connectivity index (χ1) is 8.67. The van der Waals surface area contributed by atoms with Gasteiger partial charge in [0.2, 0.25) is 0 Å². The molecule has 0 aliphatic rings. The van der Waals surface area contributed by atoms with Crippen LogP contribution >= 0.6 is 0 Å². The summed E-state index contributed by atoms with van der Waals surface area (Å²) in [5.74, 6) is 0. The molecule has 18 heavy (non-hydrogen) atoms. The van der Waals surface area contributed by atoms with Gasteiger partial charge in [0.05, 0.1) is 6.04 Å². The number of carbonyl (C=O) groups excluding carboxylic acids is 1. The Morgan fingerprint density at radius 1 is 1.11 bits per heavy atom. The lowest BCUT2D eigenvalue weighted by Crippen LogP contribution is -2.28. The number of nitrogens with one attached hydrogen (secondary N) is 3. The van der Waals surface area contributed by atoms with Crippen molar-refractivity contribution in [2.75, 3.05) is 21.1 Å². The molecule has 0 rings (SSSR count). The molecule has 0 aliphatic heterocycles. The Labute approximate surface area is 112 Å². The van der Waals surface area contributed by atoms with Gasteiger partial charge in [-0.2, -0.15) is 0 Å². The van der Waals surface area contributed by atoms with Crippen LogP contribution in [0.25, 0.3) is 0 Å². The van der Waals surface area contributed by atoms with E-state index in [2.05, 4.69) is 29.0 Å². The van der Waals surface area contributed by atoms with E-state index in [4.69, 9.17) is 0 Å². The van der Waals surface area contributed by atoms with Gasteiger partial charge in [-0.25, -0.2) is 0 Å².